The van der Waals surface area contributed by atoms with E-state index in [1.54, 1.807) is 51.4 Å². The first kappa shape index (κ1) is 83.7. The quantitative estimate of drug-likeness (QED) is 0.196. The number of nitrogens with zero attached hydrogens (tertiary/aromatic N) is 4. The predicted octanol–water partition coefficient (Wildman–Crippen LogP) is 23.2. The number of hydrogen-bond acceptors (Lipinski definition) is 2. The van der Waals surface area contributed by atoms with Crippen LogP contribution in [0, 0.1) is 446 Å². The molecule has 32 aliphatic rings. The fraction of sp³-hybridized carbons (Fsp3) is 0.860. The number of likely N-dealkylation sites (N-methyl/N-ethyl adjacent to an activating group) is 2. The van der Waals surface area contributed by atoms with E-state index in [1.165, 1.54) is 154 Å². The SMILES string of the molecule is CN1CC[N-][C@H]1CCC1CCC(CC[C@H]2[N-]CCN2C)CC1.[CH-]1C2CCC1CC1[CH-]C3C(C1)C1CC4[CH-]C1C1C5[CH-]C6C7C5C5C([CH-]C8C9C%10[CH-]C(C2)CC%10C2CC%10[CH-]C2C9C2[CH-]C9C(C2C85)C2C5[CH-]C(C72)C2C6C6[CH-][C@H](C[C@@H]7[CH-]C(CC7)C4)C[C@@H]6[C@@H]4C[C@@H]([CH-]C24)C[C@H]2[CH-][C@H](CC2)C[C@H]2[CH-]C4C5C9C5[CH-][C@@H](C[C@H]6[CH-]C(CC6)C%10)C[C@H]5[C@H]4C2)C31.[Zn].[Zn].[Zn].[Zn]. The van der Waals surface area contributed by atoms with Crippen LogP contribution in [0.5, 0.6) is 0 Å². The van der Waals surface area contributed by atoms with E-state index in [-0.39, 0.29) is 77.9 Å². The van der Waals surface area contributed by atoms with E-state index in [0.29, 0.717) is 12.3 Å². The third-order valence-electron chi connectivity index (χ3n) is 49.4. The van der Waals surface area contributed by atoms with Crippen LogP contribution >= 0.6 is 0 Å². The molecular weight excluding hydrogens is 1690 g/mol. The molecule has 0 radical (unpaired) electrons. The molecule has 2 heterocycles. The Kier molecular flexibility index (Phi) is 21.6. The molecule has 0 aromatic carbocycles. The summed E-state index contributed by atoms with van der Waals surface area (Å²) in [4.78, 5) is 4.85. The van der Waals surface area contributed by atoms with E-state index in [2.05, 4.69) is 127 Å². The standard InChI is InChI=1S/C96H120.C18H34N4.4Zn/c1-2-42-9-41(1)13-49-21-57-59-23-51-15-43-3-4-45(10-43)17-53-25-61-62-26-55-19-47-7-8-48(12-47)20-56-28-64-63-27-54-18-46-6-5-44(11-46)16-52-24-60-58-22-50(14-42)30-66(58)82-74-37-73-81(65(57)29-49)83(67(59)31-51)75-38-77-85(69(61)33-53)87(71(62)35-55)79-40-80-88(72(64)36-56)86(70(63)34-54)78-39-76(84(82)68(60)32-52)92-90(74)89(73)91(75)93(77)95(79)96(80)94(78)92;1-21-13-11-19-17(21)9-7-15-3-5-16(6-4-15)8-10-18-20-12-14-22(18)2;;;;/h9-12,29-96H,1-8,13-28H2;15-18H,3-14H2,1-2H3;;;;/q-16;-2;;;;/t41-,42+,43+,44-,45?,46?,47?,48?,49+,50-,51-,52+,53?,54?,55?,56?,57+,58-,59-,60+,61?,62?,63?,64?,65?,66?,67?,68?,69?,70?,71?,72?,73?,74?,75?,76?,77?,78?,79?,80?,81?,82?,83?,84?,85?,86?,87?,88?,89?,90?,91?,92?,93?,94?,95?,96?;15?,16?,17-,18+;;;;. The Labute approximate surface area is 795 Å². The van der Waals surface area contributed by atoms with Crippen molar-refractivity contribution in [2.24, 2.45) is 343 Å². The smallest absolute Gasteiger partial charge is 0 e. The van der Waals surface area contributed by atoms with Crippen LogP contribution in [0.25, 0.3) is 10.6 Å². The van der Waals surface area contributed by atoms with Gasteiger partial charge in [0.15, 0.2) is 0 Å². The van der Waals surface area contributed by atoms with Crippen molar-refractivity contribution in [1.29, 1.82) is 0 Å². The Balaban J connectivity index is 0.000000265. The molecule has 0 aromatic rings. The summed E-state index contributed by atoms with van der Waals surface area (Å²) in [5, 5.41) is 9.42. The molecule has 32 fully saturated rings. The maximum Gasteiger partial charge on any atom is 0 e. The predicted molar refractivity (Wildman–Crippen MR) is 468 cm³/mol. The summed E-state index contributed by atoms with van der Waals surface area (Å²) in [7, 11) is 4.45. The molecule has 30 saturated carbocycles. The molecule has 30 aliphatic carbocycles. The van der Waals surface area contributed by atoms with Crippen LogP contribution in [-0.4, -0.2) is 62.4 Å². The van der Waals surface area contributed by atoms with Gasteiger partial charge in [-0.3, -0.25) is 0 Å². The van der Waals surface area contributed by atoms with Gasteiger partial charge in [0, 0.05) is 77.9 Å². The summed E-state index contributed by atoms with van der Waals surface area (Å²) in [5.41, 5.74) is 0. The van der Waals surface area contributed by atoms with Gasteiger partial charge in [-0.25, -0.2) is 0 Å². The van der Waals surface area contributed by atoms with Crippen molar-refractivity contribution in [2.75, 3.05) is 40.3 Å². The van der Waals surface area contributed by atoms with E-state index in [1.807, 2.05) is 0 Å². The van der Waals surface area contributed by atoms with Crippen LogP contribution in [0.3, 0.4) is 0 Å². The van der Waals surface area contributed by atoms with E-state index in [0.717, 1.165) is 369 Å². The number of hydrogen-bond donors (Lipinski definition) is 0. The minimum Gasteiger partial charge on any atom is -0.646 e. The number of rotatable bonds is 6. The fourth-order valence-electron chi connectivity index (χ4n) is 47.4. The Morgan fingerprint density at radius 2 is 0.369 bits per heavy atom. The molecule has 8 heteroatoms. The van der Waals surface area contributed by atoms with Gasteiger partial charge in [-0.1, -0.05) is 308 Å². The van der Waals surface area contributed by atoms with Crippen molar-refractivity contribution in [1.82, 2.24) is 9.80 Å². The zero-order valence-corrected chi connectivity index (χ0v) is 87.8. The monoisotopic (exact) mass is 1830 g/mol. The summed E-state index contributed by atoms with van der Waals surface area (Å²) in [6.07, 6.45) is 103. The van der Waals surface area contributed by atoms with Gasteiger partial charge in [0.25, 0.3) is 0 Å². The van der Waals surface area contributed by atoms with Gasteiger partial charge in [0.05, 0.1) is 0 Å². The van der Waals surface area contributed by atoms with Crippen LogP contribution < -0.4 is 0 Å². The topological polar surface area (TPSA) is 34.7 Å². The van der Waals surface area contributed by atoms with Crippen LogP contribution in [-0.2, 0) is 77.9 Å². The molecule has 4 nitrogen and oxygen atoms in total. The largest absolute Gasteiger partial charge is 0.646 e. The molecule has 0 amide bonds. The Morgan fingerprint density at radius 1 is 0.189 bits per heavy atom. The molecule has 2 aliphatic heterocycles. The normalized spacial score (nSPS) is 64.3. The van der Waals surface area contributed by atoms with Gasteiger partial charge < -0.3 is 123 Å². The molecule has 656 valence electrons. The van der Waals surface area contributed by atoms with Crippen molar-refractivity contribution >= 4 is 0 Å². The van der Waals surface area contributed by atoms with E-state index in [4.69, 9.17) is 10.6 Å². The average molecular weight is 1840 g/mol. The molecule has 44 unspecified atom stereocenters. The summed E-state index contributed by atoms with van der Waals surface area (Å²) >= 11 is 0. The third kappa shape index (κ3) is 12.3. The van der Waals surface area contributed by atoms with Crippen LogP contribution in [0.4, 0.5) is 0 Å². The minimum atomic E-state index is 0. The van der Waals surface area contributed by atoms with Gasteiger partial charge in [0.2, 0.25) is 0 Å². The molecule has 0 N–H and O–H groups in total. The van der Waals surface area contributed by atoms with Gasteiger partial charge in [-0.15, -0.1) is 64.5 Å². The summed E-state index contributed by atoms with van der Waals surface area (Å²) in [6.45, 7) is 4.43. The molecule has 58 atom stereocenters. The summed E-state index contributed by atoms with van der Waals surface area (Å²) < 4.78 is 0. The number of fused-ring (bicyclic) bond motifs is 20. The second-order valence-electron chi connectivity index (χ2n) is 52.9. The Bertz CT molecular complexity index is 3170. The molecule has 32 rings (SSSR count). The van der Waals surface area contributed by atoms with Crippen molar-refractivity contribution in [3.8, 4) is 0 Å². The molecule has 0 aromatic heterocycles. The van der Waals surface area contributed by atoms with Gasteiger partial charge in [-0.2, -0.15) is 189 Å². The van der Waals surface area contributed by atoms with Crippen molar-refractivity contribution < 1.29 is 77.9 Å². The van der Waals surface area contributed by atoms with E-state index in [9.17, 15) is 0 Å². The van der Waals surface area contributed by atoms with Crippen molar-refractivity contribution in [2.45, 2.75) is 218 Å². The van der Waals surface area contributed by atoms with Crippen LogP contribution in [0.15, 0.2) is 0 Å². The summed E-state index contributed by atoms with van der Waals surface area (Å²) in [6, 6.07) is 0. The first-order valence-electron chi connectivity index (χ1n) is 54.5. The molecule has 2 saturated heterocycles. The van der Waals surface area contributed by atoms with Gasteiger partial charge in [0.1, 0.15) is 0 Å². The fourth-order valence-corrected chi connectivity index (χ4v) is 47.4. The molecule has 32 bridgehead atoms. The van der Waals surface area contributed by atoms with Crippen LogP contribution in [0.1, 0.15) is 205 Å². The molecule has 0 spiro atoms. The second-order valence-corrected chi connectivity index (χ2v) is 52.9. The first-order chi connectivity index (χ1) is 58.1. The van der Waals surface area contributed by atoms with E-state index >= 15 is 0 Å². The zero-order chi connectivity index (χ0) is 76.0. The summed E-state index contributed by atoms with van der Waals surface area (Å²) in [5.74, 6) is 53.4. The minimum absolute atomic E-state index is 0. The first-order valence-corrected chi connectivity index (χ1v) is 54.5. The average Bonchev–Trinajstić information content (AvgIpc) is 1.47. The Morgan fingerprint density at radius 3 is 0.533 bits per heavy atom. The maximum absolute atomic E-state index is 4.71. The maximum atomic E-state index is 4.71. The van der Waals surface area contributed by atoms with Gasteiger partial charge >= 0.3 is 0 Å². The third-order valence-corrected chi connectivity index (χ3v) is 49.4. The molecular formula is C114H154N4Zn4-18. The second kappa shape index (κ2) is 31.4. The van der Waals surface area contributed by atoms with E-state index < -0.39 is 0 Å². The van der Waals surface area contributed by atoms with Gasteiger partial charge in [-0.05, 0) is 39.0 Å². The zero-order valence-electron chi connectivity index (χ0n) is 76.0. The van der Waals surface area contributed by atoms with Crippen LogP contribution in [0.2, 0.25) is 0 Å². The van der Waals surface area contributed by atoms with Crippen molar-refractivity contribution in [3.63, 3.8) is 0 Å². The Hall–Kier alpha value is 2.33. The van der Waals surface area contributed by atoms with Crippen molar-refractivity contribution in [3.05, 3.63) is 113 Å². The molecule has 122 heavy (non-hydrogen) atoms.